The number of carbonyl (C=O) groups is 4. The van der Waals surface area contributed by atoms with Crippen LogP contribution in [0.25, 0.3) is 0 Å². The van der Waals surface area contributed by atoms with Crippen molar-refractivity contribution in [2.75, 3.05) is 24.6 Å². The Bertz CT molecular complexity index is 1490. The van der Waals surface area contributed by atoms with Gasteiger partial charge in [-0.2, -0.15) is 0 Å². The molecule has 1 spiro atoms. The van der Waals surface area contributed by atoms with Crippen molar-refractivity contribution < 1.29 is 33.8 Å². The number of likely N-dealkylation sites (tertiary alicyclic amines) is 1. The van der Waals surface area contributed by atoms with Gasteiger partial charge in [-0.15, -0.1) is 13.2 Å². The molecule has 250 valence electrons. The van der Waals surface area contributed by atoms with Gasteiger partial charge in [-0.1, -0.05) is 54.1 Å². The maximum Gasteiger partial charge on any atom is 0.313 e. The first-order chi connectivity index (χ1) is 22.7. The molecule has 5 rings (SSSR count). The molecule has 11 heteroatoms. The SMILES string of the molecule is C=CCCC(=O)N[C@H](C)[C@@H](OC(=O)[C@@H]1[C@@H]2CC[C@]3(O2)[C@H](C(=O)N(CC=C)c2ccc(Cl)cc2)N(CCCO)C(=O)[C@@H]13)c1ccccc1. The molecule has 3 aliphatic rings. The predicted octanol–water partition coefficient (Wildman–Crippen LogP) is 4.37. The molecule has 3 saturated heterocycles. The number of nitrogens with zero attached hydrogens (tertiary/aromatic N) is 2. The van der Waals surface area contributed by atoms with E-state index in [1.807, 2.05) is 30.3 Å². The van der Waals surface area contributed by atoms with Gasteiger partial charge in [0.2, 0.25) is 11.8 Å². The Morgan fingerprint density at radius 2 is 1.89 bits per heavy atom. The van der Waals surface area contributed by atoms with Gasteiger partial charge < -0.3 is 29.7 Å². The lowest BCUT2D eigenvalue weighted by atomic mass is 9.70. The van der Waals surface area contributed by atoms with Crippen LogP contribution in [0, 0.1) is 11.8 Å². The summed E-state index contributed by atoms with van der Waals surface area (Å²) >= 11 is 6.12. The van der Waals surface area contributed by atoms with Crippen LogP contribution in [-0.2, 0) is 28.7 Å². The minimum absolute atomic E-state index is 0.114. The third-order valence-corrected chi connectivity index (χ3v) is 9.62. The van der Waals surface area contributed by atoms with E-state index in [0.29, 0.717) is 35.5 Å². The number of amides is 3. The van der Waals surface area contributed by atoms with Crippen molar-refractivity contribution in [2.45, 2.75) is 68.9 Å². The summed E-state index contributed by atoms with van der Waals surface area (Å²) in [7, 11) is 0. The first kappa shape index (κ1) is 34.3. The number of benzene rings is 2. The number of anilines is 1. The number of aliphatic hydroxyl groups excluding tert-OH is 1. The number of hydrogen-bond acceptors (Lipinski definition) is 7. The van der Waals surface area contributed by atoms with Crippen LogP contribution in [0.3, 0.4) is 0 Å². The molecule has 0 aliphatic carbocycles. The van der Waals surface area contributed by atoms with Crippen molar-refractivity contribution in [1.29, 1.82) is 0 Å². The highest BCUT2D eigenvalue weighted by atomic mass is 35.5. The summed E-state index contributed by atoms with van der Waals surface area (Å²) in [5, 5.41) is 13.1. The van der Waals surface area contributed by atoms with Gasteiger partial charge in [0.25, 0.3) is 5.91 Å². The summed E-state index contributed by atoms with van der Waals surface area (Å²) in [6.07, 6.45) is 3.69. The minimum Gasteiger partial charge on any atom is -0.455 e. The van der Waals surface area contributed by atoms with Gasteiger partial charge in [-0.05, 0) is 62.4 Å². The van der Waals surface area contributed by atoms with E-state index in [-0.39, 0.29) is 50.3 Å². The summed E-state index contributed by atoms with van der Waals surface area (Å²) in [5.74, 6) is -3.47. The standard InChI is InChI=1S/C36H42ClN3O7/c1-4-6-13-28(42)38-23(3)31(24-11-8-7-9-12-24)46-35(45)29-27-18-19-36(47-27)30(29)33(43)40(21-10-22-41)32(36)34(44)39(20-5-2)26-16-14-25(37)15-17-26/h4-5,7-9,11-12,14-17,23,27,29-32,41H,1-2,6,10,13,18-22H2,3H3,(H,38,42)/t23-,27+,29-,30-,31-,32+,36-/m1/s1. The Morgan fingerprint density at radius 1 is 1.17 bits per heavy atom. The van der Waals surface area contributed by atoms with Gasteiger partial charge in [0.1, 0.15) is 17.7 Å². The topological polar surface area (TPSA) is 125 Å². The predicted molar refractivity (Wildman–Crippen MR) is 177 cm³/mol. The molecule has 3 fully saturated rings. The normalized spacial score (nSPS) is 25.5. The lowest BCUT2D eigenvalue weighted by Gasteiger charge is -2.36. The number of ether oxygens (including phenoxy) is 2. The summed E-state index contributed by atoms with van der Waals surface area (Å²) in [4.78, 5) is 58.6. The van der Waals surface area contributed by atoms with Crippen molar-refractivity contribution in [3.8, 4) is 0 Å². The van der Waals surface area contributed by atoms with E-state index in [0.717, 1.165) is 0 Å². The van der Waals surface area contributed by atoms with Gasteiger partial charge in [0.15, 0.2) is 0 Å². The van der Waals surface area contributed by atoms with Crippen LogP contribution in [0.4, 0.5) is 5.69 Å². The summed E-state index contributed by atoms with van der Waals surface area (Å²) in [5.41, 5.74) is 0.0120. The molecule has 0 unspecified atom stereocenters. The Balaban J connectivity index is 1.46. The third kappa shape index (κ3) is 6.72. The van der Waals surface area contributed by atoms with E-state index in [4.69, 9.17) is 21.1 Å². The zero-order valence-corrected chi connectivity index (χ0v) is 27.3. The fourth-order valence-electron chi connectivity index (χ4n) is 7.34. The van der Waals surface area contributed by atoms with Crippen LogP contribution in [0.5, 0.6) is 0 Å². The first-order valence-corrected chi connectivity index (χ1v) is 16.5. The number of halogens is 1. The van der Waals surface area contributed by atoms with Crippen LogP contribution in [0.15, 0.2) is 79.9 Å². The van der Waals surface area contributed by atoms with Crippen molar-refractivity contribution >= 4 is 41.0 Å². The molecule has 2 aromatic carbocycles. The van der Waals surface area contributed by atoms with Gasteiger partial charge >= 0.3 is 5.97 Å². The van der Waals surface area contributed by atoms with E-state index in [2.05, 4.69) is 18.5 Å². The highest BCUT2D eigenvalue weighted by molar-refractivity contribution is 6.30. The van der Waals surface area contributed by atoms with Gasteiger partial charge in [0, 0.05) is 36.8 Å². The molecule has 10 nitrogen and oxygen atoms in total. The molecule has 0 aromatic heterocycles. The molecule has 3 heterocycles. The molecule has 47 heavy (non-hydrogen) atoms. The maximum atomic E-state index is 14.5. The monoisotopic (exact) mass is 663 g/mol. The van der Waals surface area contributed by atoms with Crippen LogP contribution >= 0.6 is 11.6 Å². The molecule has 2 aromatic rings. The lowest BCUT2D eigenvalue weighted by molar-refractivity contribution is -0.162. The van der Waals surface area contributed by atoms with E-state index in [1.54, 1.807) is 43.3 Å². The summed E-state index contributed by atoms with van der Waals surface area (Å²) in [6, 6.07) is 14.3. The van der Waals surface area contributed by atoms with E-state index >= 15 is 0 Å². The lowest BCUT2D eigenvalue weighted by Crippen LogP contribution is -2.56. The molecule has 0 radical (unpaired) electrons. The smallest absolute Gasteiger partial charge is 0.313 e. The fourth-order valence-corrected chi connectivity index (χ4v) is 7.47. The zero-order valence-electron chi connectivity index (χ0n) is 26.6. The Hall–Kier alpha value is -3.99. The number of rotatable bonds is 15. The second-order valence-corrected chi connectivity index (χ2v) is 12.8. The molecule has 3 amide bonds. The Kier molecular flexibility index (Phi) is 10.8. The molecular formula is C36H42ClN3O7. The Morgan fingerprint density at radius 3 is 2.55 bits per heavy atom. The minimum atomic E-state index is -1.25. The average molecular weight is 664 g/mol. The number of carbonyl (C=O) groups excluding carboxylic acids is 4. The Labute approximate surface area is 280 Å². The number of fused-ring (bicyclic) bond motifs is 1. The second-order valence-electron chi connectivity index (χ2n) is 12.3. The molecule has 7 atom stereocenters. The number of esters is 1. The molecule has 3 aliphatic heterocycles. The van der Waals surface area contributed by atoms with Crippen LogP contribution in [0.1, 0.15) is 50.7 Å². The number of allylic oxidation sites excluding steroid dienone is 1. The second kappa shape index (κ2) is 14.8. The number of nitrogens with one attached hydrogen (secondary N) is 1. The highest BCUT2D eigenvalue weighted by Crippen LogP contribution is 2.59. The van der Waals surface area contributed by atoms with Crippen molar-refractivity contribution in [2.24, 2.45) is 11.8 Å². The van der Waals surface area contributed by atoms with Crippen LogP contribution < -0.4 is 10.2 Å². The van der Waals surface area contributed by atoms with Crippen molar-refractivity contribution in [3.63, 3.8) is 0 Å². The summed E-state index contributed by atoms with van der Waals surface area (Å²) < 4.78 is 12.8. The average Bonchev–Trinajstić information content (AvgIpc) is 3.71. The van der Waals surface area contributed by atoms with Gasteiger partial charge in [-0.3, -0.25) is 19.2 Å². The largest absolute Gasteiger partial charge is 0.455 e. The van der Waals surface area contributed by atoms with Crippen molar-refractivity contribution in [3.05, 3.63) is 90.5 Å². The third-order valence-electron chi connectivity index (χ3n) is 9.37. The molecule has 2 N–H and O–H groups in total. The van der Waals surface area contributed by atoms with Gasteiger partial charge in [-0.25, -0.2) is 0 Å². The van der Waals surface area contributed by atoms with Crippen LogP contribution in [0.2, 0.25) is 5.02 Å². The first-order valence-electron chi connectivity index (χ1n) is 16.1. The maximum absolute atomic E-state index is 14.5. The van der Waals surface area contributed by atoms with Crippen molar-refractivity contribution in [1.82, 2.24) is 10.2 Å². The quantitative estimate of drug-likeness (QED) is 0.214. The highest BCUT2D eigenvalue weighted by Gasteiger charge is 2.75. The van der Waals surface area contributed by atoms with E-state index < -0.39 is 47.7 Å². The van der Waals surface area contributed by atoms with Crippen LogP contribution in [-0.4, -0.2) is 77.2 Å². The van der Waals surface area contributed by atoms with Gasteiger partial charge in [0.05, 0.1) is 24.0 Å². The summed E-state index contributed by atoms with van der Waals surface area (Å²) in [6.45, 7) is 9.37. The molecular weight excluding hydrogens is 622 g/mol. The molecule has 2 bridgehead atoms. The zero-order chi connectivity index (χ0) is 33.7. The van der Waals surface area contributed by atoms with E-state index in [9.17, 15) is 24.3 Å². The fraction of sp³-hybridized carbons (Fsp3) is 0.444. The number of aliphatic hydroxyl groups is 1. The van der Waals surface area contributed by atoms with E-state index in [1.165, 1.54) is 9.80 Å². The number of hydrogen-bond donors (Lipinski definition) is 2. The molecule has 0 saturated carbocycles.